The Balaban J connectivity index is 1.58. The van der Waals surface area contributed by atoms with E-state index >= 15 is 0 Å². The molecule has 8 heteroatoms. The monoisotopic (exact) mass is 356 g/mol. The van der Waals surface area contributed by atoms with Gasteiger partial charge in [-0.25, -0.2) is 0 Å². The number of rotatable bonds is 5. The fourth-order valence-electron chi connectivity index (χ4n) is 2.32. The SMILES string of the molecule is Cn1cc(C(=O)NCCN2C(=O)SC(=Cc3ccccc3)C2=O)cn1. The number of benzene rings is 1. The van der Waals surface area contributed by atoms with Crippen LogP contribution in [0, 0.1) is 0 Å². The van der Waals surface area contributed by atoms with Crippen molar-refractivity contribution in [2.24, 2.45) is 7.05 Å². The van der Waals surface area contributed by atoms with Gasteiger partial charge in [0, 0.05) is 26.3 Å². The van der Waals surface area contributed by atoms with Gasteiger partial charge in [-0.3, -0.25) is 24.0 Å². The molecule has 128 valence electrons. The van der Waals surface area contributed by atoms with E-state index in [1.165, 1.54) is 10.9 Å². The molecule has 0 atom stereocenters. The molecule has 3 rings (SSSR count). The van der Waals surface area contributed by atoms with Crippen LogP contribution in [0.1, 0.15) is 15.9 Å². The Morgan fingerprint density at radius 3 is 2.72 bits per heavy atom. The van der Waals surface area contributed by atoms with E-state index in [4.69, 9.17) is 0 Å². The quantitative estimate of drug-likeness (QED) is 0.827. The van der Waals surface area contributed by atoms with E-state index in [9.17, 15) is 14.4 Å². The third-order valence-corrected chi connectivity index (χ3v) is 4.47. The van der Waals surface area contributed by atoms with E-state index < -0.39 is 0 Å². The van der Waals surface area contributed by atoms with Crippen molar-refractivity contribution in [1.29, 1.82) is 0 Å². The lowest BCUT2D eigenvalue weighted by Gasteiger charge is -2.12. The number of aromatic nitrogens is 2. The zero-order valence-corrected chi connectivity index (χ0v) is 14.3. The van der Waals surface area contributed by atoms with Gasteiger partial charge in [0.1, 0.15) is 0 Å². The highest BCUT2D eigenvalue weighted by Crippen LogP contribution is 2.31. The second-order valence-electron chi connectivity index (χ2n) is 5.40. The lowest BCUT2D eigenvalue weighted by Crippen LogP contribution is -2.37. The van der Waals surface area contributed by atoms with E-state index in [0.717, 1.165) is 22.2 Å². The van der Waals surface area contributed by atoms with E-state index in [0.29, 0.717) is 10.5 Å². The molecule has 0 unspecified atom stereocenters. The molecule has 7 nitrogen and oxygen atoms in total. The number of carbonyl (C=O) groups is 3. The lowest BCUT2D eigenvalue weighted by molar-refractivity contribution is -0.122. The molecule has 25 heavy (non-hydrogen) atoms. The van der Waals surface area contributed by atoms with Crippen LogP contribution in [0.25, 0.3) is 6.08 Å². The molecule has 2 heterocycles. The van der Waals surface area contributed by atoms with E-state index in [-0.39, 0.29) is 30.1 Å². The number of carbonyl (C=O) groups excluding carboxylic acids is 3. The Labute approximate surface area is 148 Å². The zero-order chi connectivity index (χ0) is 17.8. The number of aryl methyl sites for hydroxylation is 1. The normalized spacial score (nSPS) is 15.9. The molecule has 1 fully saturated rings. The van der Waals surface area contributed by atoms with Gasteiger partial charge in [0.25, 0.3) is 17.1 Å². The van der Waals surface area contributed by atoms with Gasteiger partial charge >= 0.3 is 0 Å². The molecule has 0 aliphatic carbocycles. The van der Waals surface area contributed by atoms with E-state index in [1.807, 2.05) is 30.3 Å². The maximum atomic E-state index is 12.4. The fourth-order valence-corrected chi connectivity index (χ4v) is 3.18. The summed E-state index contributed by atoms with van der Waals surface area (Å²) in [6.07, 6.45) is 4.75. The topological polar surface area (TPSA) is 84.3 Å². The molecule has 0 radical (unpaired) electrons. The van der Waals surface area contributed by atoms with Gasteiger partial charge in [-0.1, -0.05) is 30.3 Å². The van der Waals surface area contributed by atoms with Crippen molar-refractivity contribution in [3.63, 3.8) is 0 Å². The summed E-state index contributed by atoms with van der Waals surface area (Å²) in [5, 5.41) is 6.27. The first-order valence-electron chi connectivity index (χ1n) is 7.62. The predicted octanol–water partition coefficient (Wildman–Crippen LogP) is 1.89. The fraction of sp³-hybridized carbons (Fsp3) is 0.176. The maximum absolute atomic E-state index is 12.4. The summed E-state index contributed by atoms with van der Waals surface area (Å²) in [5.74, 6) is -0.630. The van der Waals surface area contributed by atoms with Gasteiger partial charge in [-0.05, 0) is 23.4 Å². The third kappa shape index (κ3) is 3.97. The average Bonchev–Trinajstić information content (AvgIpc) is 3.14. The summed E-state index contributed by atoms with van der Waals surface area (Å²) in [5.41, 5.74) is 1.29. The Morgan fingerprint density at radius 1 is 1.28 bits per heavy atom. The van der Waals surface area contributed by atoms with Crippen molar-refractivity contribution in [3.05, 3.63) is 58.8 Å². The minimum atomic E-state index is -0.338. The van der Waals surface area contributed by atoms with Crippen LogP contribution in [0.5, 0.6) is 0 Å². The lowest BCUT2D eigenvalue weighted by atomic mass is 10.2. The zero-order valence-electron chi connectivity index (χ0n) is 13.5. The molecule has 1 aliphatic rings. The van der Waals surface area contributed by atoms with Crippen molar-refractivity contribution in [2.45, 2.75) is 0 Å². The van der Waals surface area contributed by atoms with Gasteiger partial charge in [-0.2, -0.15) is 5.10 Å². The van der Waals surface area contributed by atoms with E-state index in [2.05, 4.69) is 10.4 Å². The summed E-state index contributed by atoms with van der Waals surface area (Å²) in [6, 6.07) is 9.34. The molecule has 2 aromatic rings. The molecule has 1 N–H and O–H groups in total. The summed E-state index contributed by atoms with van der Waals surface area (Å²) in [7, 11) is 1.72. The summed E-state index contributed by atoms with van der Waals surface area (Å²) in [6.45, 7) is 0.313. The Morgan fingerprint density at radius 2 is 2.04 bits per heavy atom. The van der Waals surface area contributed by atoms with Crippen LogP contribution in [-0.2, 0) is 11.8 Å². The number of imide groups is 1. The molecule has 0 saturated carbocycles. The third-order valence-electron chi connectivity index (χ3n) is 3.56. The molecule has 0 bridgehead atoms. The smallest absolute Gasteiger partial charge is 0.293 e. The van der Waals surface area contributed by atoms with Crippen molar-refractivity contribution in [3.8, 4) is 0 Å². The highest BCUT2D eigenvalue weighted by molar-refractivity contribution is 8.18. The van der Waals surface area contributed by atoms with Gasteiger partial charge < -0.3 is 5.32 Å². The highest BCUT2D eigenvalue weighted by Gasteiger charge is 2.34. The molecule has 1 aliphatic heterocycles. The number of thioether (sulfide) groups is 1. The van der Waals surface area contributed by atoms with Gasteiger partial charge in [0.15, 0.2) is 0 Å². The molecule has 3 amide bonds. The first-order valence-corrected chi connectivity index (χ1v) is 8.43. The van der Waals surface area contributed by atoms with Crippen LogP contribution < -0.4 is 5.32 Å². The van der Waals surface area contributed by atoms with Crippen LogP contribution in [0.3, 0.4) is 0 Å². The minimum absolute atomic E-state index is 0.128. The highest BCUT2D eigenvalue weighted by atomic mass is 32.2. The van der Waals surface area contributed by atoms with Crippen LogP contribution in [0.4, 0.5) is 4.79 Å². The number of hydrogen-bond acceptors (Lipinski definition) is 5. The standard InChI is InChI=1S/C17H16N4O3S/c1-20-11-13(10-19-20)15(22)18-7-8-21-16(23)14(25-17(21)24)9-12-5-3-2-4-6-12/h2-6,9-11H,7-8H2,1H3,(H,18,22). The Bertz CT molecular complexity index is 845. The molecule has 1 aromatic carbocycles. The van der Waals surface area contributed by atoms with Gasteiger partial charge in [-0.15, -0.1) is 0 Å². The van der Waals surface area contributed by atoms with Crippen LogP contribution in [-0.4, -0.2) is 44.8 Å². The van der Waals surface area contributed by atoms with Crippen LogP contribution in [0.15, 0.2) is 47.6 Å². The molecule has 1 aromatic heterocycles. The number of nitrogens with one attached hydrogen (secondary N) is 1. The molecule has 1 saturated heterocycles. The predicted molar refractivity (Wildman–Crippen MR) is 94.7 cm³/mol. The van der Waals surface area contributed by atoms with Crippen molar-refractivity contribution < 1.29 is 14.4 Å². The minimum Gasteiger partial charge on any atom is -0.350 e. The number of amides is 3. The summed E-state index contributed by atoms with van der Waals surface area (Å²) < 4.78 is 1.53. The van der Waals surface area contributed by atoms with Crippen molar-refractivity contribution in [1.82, 2.24) is 20.0 Å². The first-order chi connectivity index (χ1) is 12.0. The van der Waals surface area contributed by atoms with Gasteiger partial charge in [0.2, 0.25) is 0 Å². The molecular weight excluding hydrogens is 340 g/mol. The second kappa shape index (κ2) is 7.35. The first kappa shape index (κ1) is 17.0. The van der Waals surface area contributed by atoms with Crippen molar-refractivity contribution in [2.75, 3.05) is 13.1 Å². The Kier molecular flexibility index (Phi) is 4.99. The van der Waals surface area contributed by atoms with Crippen LogP contribution in [0.2, 0.25) is 0 Å². The molecular formula is C17H16N4O3S. The summed E-state index contributed by atoms with van der Waals surface area (Å²) in [4.78, 5) is 37.9. The summed E-state index contributed by atoms with van der Waals surface area (Å²) >= 11 is 0.908. The maximum Gasteiger partial charge on any atom is 0.293 e. The van der Waals surface area contributed by atoms with E-state index in [1.54, 1.807) is 19.3 Å². The number of nitrogens with zero attached hydrogens (tertiary/aromatic N) is 3. The van der Waals surface area contributed by atoms with Crippen LogP contribution >= 0.6 is 11.8 Å². The van der Waals surface area contributed by atoms with Crippen molar-refractivity contribution >= 4 is 34.9 Å². The average molecular weight is 356 g/mol. The second-order valence-corrected chi connectivity index (χ2v) is 6.40. The molecule has 0 spiro atoms. The van der Waals surface area contributed by atoms with Gasteiger partial charge in [0.05, 0.1) is 16.7 Å². The Hall–Kier alpha value is -2.87. The number of hydrogen-bond donors (Lipinski definition) is 1. The largest absolute Gasteiger partial charge is 0.350 e.